The van der Waals surface area contributed by atoms with Gasteiger partial charge in [-0.15, -0.1) is 0 Å². The summed E-state index contributed by atoms with van der Waals surface area (Å²) in [5.74, 6) is 0. The maximum Gasteiger partial charge on any atom is 0.416 e. The van der Waals surface area contributed by atoms with Crippen LogP contribution in [0.15, 0.2) is 53.4 Å². The lowest BCUT2D eigenvalue weighted by Crippen LogP contribution is -2.17. The van der Waals surface area contributed by atoms with Crippen LogP contribution in [0.2, 0.25) is 0 Å². The monoisotopic (exact) mass is 370 g/mol. The predicted molar refractivity (Wildman–Crippen MR) is 90.1 cm³/mol. The second kappa shape index (κ2) is 6.59. The van der Waals surface area contributed by atoms with E-state index >= 15 is 0 Å². The molecule has 1 saturated heterocycles. The summed E-state index contributed by atoms with van der Waals surface area (Å²) in [5, 5.41) is 0. The second-order valence-electron chi connectivity index (χ2n) is 5.87. The van der Waals surface area contributed by atoms with Crippen molar-refractivity contribution in [1.82, 2.24) is 0 Å². The molecule has 2 aromatic rings. The van der Waals surface area contributed by atoms with Crippen LogP contribution in [0.4, 0.5) is 24.5 Å². The van der Waals surface area contributed by atoms with Crippen LogP contribution in [-0.4, -0.2) is 21.5 Å². The van der Waals surface area contributed by atoms with E-state index in [2.05, 4.69) is 9.62 Å². The Kier molecular flexibility index (Phi) is 4.64. The Hall–Kier alpha value is -2.22. The number of benzene rings is 2. The minimum Gasteiger partial charge on any atom is -0.372 e. The number of alkyl halides is 3. The summed E-state index contributed by atoms with van der Waals surface area (Å²) in [6.45, 7) is 1.97. The number of halogens is 3. The Morgan fingerprint density at radius 2 is 1.44 bits per heavy atom. The molecule has 0 unspecified atom stereocenters. The van der Waals surface area contributed by atoms with Gasteiger partial charge in [-0.2, -0.15) is 13.2 Å². The fourth-order valence-corrected chi connectivity index (χ4v) is 3.81. The molecule has 4 nitrogen and oxygen atoms in total. The van der Waals surface area contributed by atoms with Crippen LogP contribution in [0.3, 0.4) is 0 Å². The number of sulfonamides is 1. The van der Waals surface area contributed by atoms with Gasteiger partial charge >= 0.3 is 6.18 Å². The van der Waals surface area contributed by atoms with Crippen LogP contribution in [0.1, 0.15) is 18.4 Å². The van der Waals surface area contributed by atoms with Crippen molar-refractivity contribution in [3.8, 4) is 0 Å². The molecule has 25 heavy (non-hydrogen) atoms. The second-order valence-corrected chi connectivity index (χ2v) is 7.55. The van der Waals surface area contributed by atoms with E-state index in [0.717, 1.165) is 55.9 Å². The summed E-state index contributed by atoms with van der Waals surface area (Å²) in [6.07, 6.45) is -2.22. The number of hydrogen-bond donors (Lipinski definition) is 1. The molecule has 0 spiro atoms. The van der Waals surface area contributed by atoms with E-state index in [9.17, 15) is 21.6 Å². The van der Waals surface area contributed by atoms with E-state index in [-0.39, 0.29) is 4.90 Å². The summed E-state index contributed by atoms with van der Waals surface area (Å²) in [7, 11) is -3.94. The Labute approximate surface area is 144 Å². The van der Waals surface area contributed by atoms with Crippen molar-refractivity contribution in [3.63, 3.8) is 0 Å². The average molecular weight is 370 g/mol. The highest BCUT2D eigenvalue weighted by atomic mass is 32.2. The van der Waals surface area contributed by atoms with Crippen molar-refractivity contribution in [3.05, 3.63) is 54.1 Å². The lowest BCUT2D eigenvalue weighted by atomic mass is 10.2. The lowest BCUT2D eigenvalue weighted by Gasteiger charge is -2.18. The SMILES string of the molecule is O=S(=O)(Nc1ccc(N2CCCC2)cc1)c1ccc(C(F)(F)F)cc1. The number of anilines is 2. The third-order valence-electron chi connectivity index (χ3n) is 4.08. The number of nitrogens with zero attached hydrogens (tertiary/aromatic N) is 1. The molecule has 8 heteroatoms. The van der Waals surface area contributed by atoms with Crippen LogP contribution in [0.25, 0.3) is 0 Å². The van der Waals surface area contributed by atoms with Crippen LogP contribution < -0.4 is 9.62 Å². The quantitative estimate of drug-likeness (QED) is 0.881. The van der Waals surface area contributed by atoms with Gasteiger partial charge in [-0.25, -0.2) is 8.42 Å². The Morgan fingerprint density at radius 1 is 0.880 bits per heavy atom. The van der Waals surface area contributed by atoms with Gasteiger partial charge in [0.05, 0.1) is 10.5 Å². The third kappa shape index (κ3) is 4.07. The van der Waals surface area contributed by atoms with Crippen molar-refractivity contribution in [1.29, 1.82) is 0 Å². The molecule has 3 rings (SSSR count). The number of hydrogen-bond acceptors (Lipinski definition) is 3. The first kappa shape index (κ1) is 17.6. The van der Waals surface area contributed by atoms with Crippen LogP contribution in [0, 0.1) is 0 Å². The van der Waals surface area contributed by atoms with Gasteiger partial charge in [0.2, 0.25) is 0 Å². The molecule has 1 N–H and O–H groups in total. The third-order valence-corrected chi connectivity index (χ3v) is 5.48. The fourth-order valence-electron chi connectivity index (χ4n) is 2.75. The summed E-state index contributed by atoms with van der Waals surface area (Å²) in [5.41, 5.74) is 0.499. The summed E-state index contributed by atoms with van der Waals surface area (Å²) >= 11 is 0. The Bertz CT molecular complexity index is 826. The Morgan fingerprint density at radius 3 is 1.96 bits per heavy atom. The van der Waals surface area contributed by atoms with E-state index in [4.69, 9.17) is 0 Å². The first-order valence-electron chi connectivity index (χ1n) is 7.81. The molecule has 0 aromatic heterocycles. The zero-order chi connectivity index (χ0) is 18.1. The van der Waals surface area contributed by atoms with E-state index in [1.54, 1.807) is 12.1 Å². The van der Waals surface area contributed by atoms with Crippen LogP contribution >= 0.6 is 0 Å². The van der Waals surface area contributed by atoms with E-state index in [1.807, 2.05) is 12.1 Å². The molecule has 1 aliphatic rings. The van der Waals surface area contributed by atoms with E-state index in [1.165, 1.54) is 0 Å². The van der Waals surface area contributed by atoms with Gasteiger partial charge in [0.1, 0.15) is 0 Å². The molecule has 1 heterocycles. The zero-order valence-corrected chi connectivity index (χ0v) is 14.1. The molecule has 0 amide bonds. The molecule has 0 bridgehead atoms. The zero-order valence-electron chi connectivity index (χ0n) is 13.3. The highest BCUT2D eigenvalue weighted by Gasteiger charge is 2.30. The minimum absolute atomic E-state index is 0.218. The molecule has 1 aliphatic heterocycles. The maximum atomic E-state index is 12.6. The summed E-state index contributed by atoms with van der Waals surface area (Å²) in [4.78, 5) is 2.00. The standard InChI is InChI=1S/C17H17F3N2O2S/c18-17(19,20)13-3-9-16(10-4-13)25(23,24)21-14-5-7-15(8-6-14)22-11-1-2-12-22/h3-10,21H,1-2,11-12H2. The molecule has 0 radical (unpaired) electrons. The molecule has 0 aliphatic carbocycles. The average Bonchev–Trinajstić information content (AvgIpc) is 3.09. The number of rotatable bonds is 4. The van der Waals surface area contributed by atoms with Crippen molar-refractivity contribution < 1.29 is 21.6 Å². The topological polar surface area (TPSA) is 49.4 Å². The van der Waals surface area contributed by atoms with Crippen molar-refractivity contribution >= 4 is 21.4 Å². The van der Waals surface area contributed by atoms with Gasteiger partial charge in [0.25, 0.3) is 10.0 Å². The maximum absolute atomic E-state index is 12.6. The van der Waals surface area contributed by atoms with Gasteiger partial charge < -0.3 is 4.90 Å². The van der Waals surface area contributed by atoms with Crippen LogP contribution in [-0.2, 0) is 16.2 Å². The molecule has 134 valence electrons. The normalized spacial score (nSPS) is 15.4. The summed E-state index contributed by atoms with van der Waals surface area (Å²) in [6, 6.07) is 10.4. The van der Waals surface area contributed by atoms with E-state index in [0.29, 0.717) is 5.69 Å². The lowest BCUT2D eigenvalue weighted by molar-refractivity contribution is -0.137. The van der Waals surface area contributed by atoms with Crippen molar-refractivity contribution in [2.45, 2.75) is 23.9 Å². The molecule has 1 fully saturated rings. The number of nitrogens with one attached hydrogen (secondary N) is 1. The first-order chi connectivity index (χ1) is 11.8. The summed E-state index contributed by atoms with van der Waals surface area (Å²) < 4.78 is 64.7. The molecule has 0 saturated carbocycles. The van der Waals surface area contributed by atoms with Gasteiger partial charge in [0, 0.05) is 24.5 Å². The van der Waals surface area contributed by atoms with Crippen LogP contribution in [0.5, 0.6) is 0 Å². The molecule has 2 aromatic carbocycles. The van der Waals surface area contributed by atoms with Gasteiger partial charge in [0.15, 0.2) is 0 Å². The minimum atomic E-state index is -4.50. The van der Waals surface area contributed by atoms with Gasteiger partial charge in [-0.05, 0) is 61.4 Å². The predicted octanol–water partition coefficient (Wildman–Crippen LogP) is 4.11. The van der Waals surface area contributed by atoms with Gasteiger partial charge in [-0.3, -0.25) is 4.72 Å². The largest absolute Gasteiger partial charge is 0.416 e. The van der Waals surface area contributed by atoms with Crippen molar-refractivity contribution in [2.75, 3.05) is 22.7 Å². The first-order valence-corrected chi connectivity index (χ1v) is 9.29. The van der Waals surface area contributed by atoms with Gasteiger partial charge in [-0.1, -0.05) is 0 Å². The molecular weight excluding hydrogens is 353 g/mol. The smallest absolute Gasteiger partial charge is 0.372 e. The molecule has 0 atom stereocenters. The molecular formula is C17H17F3N2O2S. The highest BCUT2D eigenvalue weighted by molar-refractivity contribution is 7.92. The fraction of sp³-hybridized carbons (Fsp3) is 0.294. The van der Waals surface area contributed by atoms with E-state index < -0.39 is 21.8 Å². The van der Waals surface area contributed by atoms with Crippen molar-refractivity contribution in [2.24, 2.45) is 0 Å². The Balaban J connectivity index is 1.74. The highest BCUT2D eigenvalue weighted by Crippen LogP contribution is 2.30.